The van der Waals surface area contributed by atoms with Gasteiger partial charge in [-0.15, -0.1) is 0 Å². The average molecular weight is 309 g/mol. The number of nitrogens with zero attached hydrogens (tertiary/aromatic N) is 3. The minimum absolute atomic E-state index is 0.0520. The Morgan fingerprint density at radius 2 is 1.83 bits per heavy atom. The van der Waals surface area contributed by atoms with E-state index >= 15 is 0 Å². The lowest BCUT2D eigenvalue weighted by atomic mass is 10.2. The summed E-state index contributed by atoms with van der Waals surface area (Å²) < 4.78 is 5.17. The average Bonchev–Trinajstić information content (AvgIpc) is 3.06. The van der Waals surface area contributed by atoms with Gasteiger partial charge in [-0.3, -0.25) is 14.7 Å². The molecule has 0 radical (unpaired) electrons. The van der Waals surface area contributed by atoms with E-state index < -0.39 is 0 Å². The highest BCUT2D eigenvalue weighted by atomic mass is 16.5. The first-order valence-electron chi connectivity index (χ1n) is 7.54. The molecule has 0 N–H and O–H groups in total. The first-order valence-corrected chi connectivity index (χ1v) is 7.54. The van der Waals surface area contributed by atoms with E-state index in [0.29, 0.717) is 0 Å². The highest BCUT2D eigenvalue weighted by Crippen LogP contribution is 2.25. The van der Waals surface area contributed by atoms with Crippen LogP contribution in [0.4, 0.5) is 11.4 Å². The fourth-order valence-electron chi connectivity index (χ4n) is 2.63. The Morgan fingerprint density at radius 3 is 2.43 bits per heavy atom. The molecule has 0 aliphatic carbocycles. The van der Waals surface area contributed by atoms with Crippen LogP contribution in [0.25, 0.3) is 0 Å². The Hall–Kier alpha value is -2.82. The van der Waals surface area contributed by atoms with E-state index in [1.54, 1.807) is 18.9 Å². The third kappa shape index (κ3) is 3.18. The van der Waals surface area contributed by atoms with Gasteiger partial charge < -0.3 is 4.74 Å². The summed E-state index contributed by atoms with van der Waals surface area (Å²) in [5.74, 6) is 1.46. The zero-order chi connectivity index (χ0) is 16.2. The van der Waals surface area contributed by atoms with Gasteiger partial charge in [-0.2, -0.15) is 5.10 Å². The van der Waals surface area contributed by atoms with Crippen molar-refractivity contribution in [2.45, 2.75) is 13.3 Å². The zero-order valence-electron chi connectivity index (χ0n) is 13.3. The molecule has 0 spiro atoms. The number of ether oxygens (including phenoxy) is 1. The summed E-state index contributed by atoms with van der Waals surface area (Å²) in [5.41, 5.74) is 1.83. The second kappa shape index (κ2) is 6.52. The molecule has 0 atom stereocenters. The van der Waals surface area contributed by atoms with Crippen molar-refractivity contribution in [2.24, 2.45) is 5.10 Å². The number of amidine groups is 1. The Labute approximate surface area is 135 Å². The number of carbonyl (C=O) groups excluding carboxylic acids is 1. The summed E-state index contributed by atoms with van der Waals surface area (Å²) in [5, 5.41) is 6.55. The molecular formula is C18H19N3O2. The van der Waals surface area contributed by atoms with Gasteiger partial charge in [0, 0.05) is 19.9 Å². The number of benzene rings is 2. The maximum Gasteiger partial charge on any atom is 0.229 e. The molecular weight excluding hydrogens is 290 g/mol. The lowest BCUT2D eigenvalue weighted by Crippen LogP contribution is -2.34. The summed E-state index contributed by atoms with van der Waals surface area (Å²) in [7, 11) is 1.62. The Balaban J connectivity index is 1.88. The second-order valence-electron chi connectivity index (χ2n) is 5.28. The number of hydrazone groups is 1. The maximum absolute atomic E-state index is 12.1. The van der Waals surface area contributed by atoms with E-state index in [2.05, 4.69) is 5.10 Å². The predicted octanol–water partition coefficient (Wildman–Crippen LogP) is 3.27. The molecule has 1 aliphatic heterocycles. The molecule has 5 heteroatoms. The molecule has 0 bridgehead atoms. The van der Waals surface area contributed by atoms with Crippen LogP contribution >= 0.6 is 0 Å². The lowest BCUT2D eigenvalue weighted by Gasteiger charge is -2.20. The van der Waals surface area contributed by atoms with Crippen LogP contribution in [0.3, 0.4) is 0 Å². The van der Waals surface area contributed by atoms with E-state index in [1.807, 2.05) is 59.6 Å². The highest BCUT2D eigenvalue weighted by Gasteiger charge is 2.24. The molecule has 0 saturated heterocycles. The summed E-state index contributed by atoms with van der Waals surface area (Å²) in [6.45, 7) is 2.32. The first kappa shape index (κ1) is 15.1. The second-order valence-corrected chi connectivity index (χ2v) is 5.28. The predicted molar refractivity (Wildman–Crippen MR) is 92.0 cm³/mol. The van der Waals surface area contributed by atoms with Crippen LogP contribution in [-0.2, 0) is 4.79 Å². The van der Waals surface area contributed by atoms with E-state index in [4.69, 9.17) is 4.74 Å². The van der Waals surface area contributed by atoms with E-state index in [-0.39, 0.29) is 5.91 Å². The fourth-order valence-corrected chi connectivity index (χ4v) is 2.63. The lowest BCUT2D eigenvalue weighted by molar-refractivity contribution is -0.115. The van der Waals surface area contributed by atoms with Gasteiger partial charge in [0.1, 0.15) is 11.6 Å². The number of amides is 1. The van der Waals surface area contributed by atoms with Crippen LogP contribution in [0, 0.1) is 0 Å². The molecule has 2 aromatic carbocycles. The van der Waals surface area contributed by atoms with Crippen LogP contribution in [0.5, 0.6) is 5.75 Å². The minimum Gasteiger partial charge on any atom is -0.497 e. The third-order valence-electron chi connectivity index (χ3n) is 3.74. The topological polar surface area (TPSA) is 45.1 Å². The van der Waals surface area contributed by atoms with E-state index in [1.165, 1.54) is 0 Å². The number of hydrogen-bond acceptors (Lipinski definition) is 4. The molecule has 2 aromatic rings. The van der Waals surface area contributed by atoms with Crippen molar-refractivity contribution in [3.05, 3.63) is 54.6 Å². The van der Waals surface area contributed by atoms with Crippen molar-refractivity contribution < 1.29 is 9.53 Å². The van der Waals surface area contributed by atoms with Gasteiger partial charge in [0.05, 0.1) is 18.5 Å². The third-order valence-corrected chi connectivity index (χ3v) is 3.74. The summed E-state index contributed by atoms with van der Waals surface area (Å²) in [4.78, 5) is 13.8. The van der Waals surface area contributed by atoms with Crippen LogP contribution in [-0.4, -0.2) is 25.4 Å². The largest absolute Gasteiger partial charge is 0.497 e. The molecule has 1 amide bonds. The van der Waals surface area contributed by atoms with Gasteiger partial charge in [-0.1, -0.05) is 18.2 Å². The normalized spacial score (nSPS) is 13.7. The monoisotopic (exact) mass is 309 g/mol. The molecule has 0 saturated carbocycles. The number of para-hydroxylation sites is 1. The van der Waals surface area contributed by atoms with Gasteiger partial charge in [-0.05, 0) is 36.4 Å². The van der Waals surface area contributed by atoms with Gasteiger partial charge in [0.15, 0.2) is 0 Å². The Bertz CT molecular complexity index is 711. The molecule has 0 fully saturated rings. The number of anilines is 2. The van der Waals surface area contributed by atoms with Crippen LogP contribution in [0.1, 0.15) is 13.3 Å². The van der Waals surface area contributed by atoms with E-state index in [0.717, 1.165) is 35.9 Å². The van der Waals surface area contributed by atoms with Crippen LogP contribution in [0.2, 0.25) is 0 Å². The molecule has 118 valence electrons. The van der Waals surface area contributed by atoms with Crippen molar-refractivity contribution in [3.63, 3.8) is 0 Å². The smallest absolute Gasteiger partial charge is 0.229 e. The van der Waals surface area contributed by atoms with Gasteiger partial charge in [0.2, 0.25) is 5.91 Å². The highest BCUT2D eigenvalue weighted by molar-refractivity contribution is 6.17. The maximum atomic E-state index is 12.1. The molecule has 5 nitrogen and oxygen atoms in total. The van der Waals surface area contributed by atoms with Gasteiger partial charge in [0.25, 0.3) is 0 Å². The fraction of sp³-hybridized carbons (Fsp3) is 0.222. The molecule has 1 aliphatic rings. The number of hydrogen-bond donors (Lipinski definition) is 0. The van der Waals surface area contributed by atoms with Crippen LogP contribution < -0.4 is 14.6 Å². The summed E-state index contributed by atoms with van der Waals surface area (Å²) >= 11 is 0. The number of rotatable bonds is 3. The van der Waals surface area contributed by atoms with Crippen molar-refractivity contribution in [2.75, 3.05) is 23.6 Å². The summed E-state index contributed by atoms with van der Waals surface area (Å²) in [6.07, 6.45) is 0.723. The molecule has 3 rings (SSSR count). The molecule has 0 aromatic heterocycles. The number of methoxy groups -OCH3 is 1. The van der Waals surface area contributed by atoms with Crippen molar-refractivity contribution in [3.8, 4) is 5.75 Å². The molecule has 23 heavy (non-hydrogen) atoms. The van der Waals surface area contributed by atoms with Crippen molar-refractivity contribution in [1.82, 2.24) is 0 Å². The SMILES string of the molecule is COc1ccc(N(C(C)=O)C2=NN(c3ccccc3)CC2)cc1. The van der Waals surface area contributed by atoms with Gasteiger partial charge in [-0.25, -0.2) is 0 Å². The standard InChI is InChI=1S/C18H19N3O2/c1-14(22)21(16-8-10-17(23-2)11-9-16)18-12-13-20(19-18)15-6-4-3-5-7-15/h3-11H,12-13H2,1-2H3. The number of carbonyl (C=O) groups is 1. The van der Waals surface area contributed by atoms with Crippen molar-refractivity contribution >= 4 is 23.1 Å². The van der Waals surface area contributed by atoms with Crippen molar-refractivity contribution in [1.29, 1.82) is 0 Å². The zero-order valence-corrected chi connectivity index (χ0v) is 13.3. The quantitative estimate of drug-likeness (QED) is 0.874. The van der Waals surface area contributed by atoms with Gasteiger partial charge >= 0.3 is 0 Å². The first-order chi connectivity index (χ1) is 11.2. The molecule has 1 heterocycles. The minimum atomic E-state index is -0.0520. The summed E-state index contributed by atoms with van der Waals surface area (Å²) in [6, 6.07) is 17.4. The molecule has 0 unspecified atom stereocenters. The Morgan fingerprint density at radius 1 is 1.13 bits per heavy atom. The van der Waals surface area contributed by atoms with E-state index in [9.17, 15) is 4.79 Å². The Kier molecular flexibility index (Phi) is 4.28. The van der Waals surface area contributed by atoms with Crippen LogP contribution in [0.15, 0.2) is 59.7 Å².